The summed E-state index contributed by atoms with van der Waals surface area (Å²) in [4.78, 5) is 0. The van der Waals surface area contributed by atoms with Crippen molar-refractivity contribution in [1.29, 1.82) is 0 Å². The van der Waals surface area contributed by atoms with Gasteiger partial charge < -0.3 is 10.1 Å². The third kappa shape index (κ3) is 4.66. The fourth-order valence-corrected chi connectivity index (χ4v) is 2.31. The molecular weight excluding hydrogens is 265 g/mol. The van der Waals surface area contributed by atoms with Gasteiger partial charge in [0.25, 0.3) is 0 Å². The largest absolute Gasteiger partial charge is 0.380 e. The molecule has 21 heavy (non-hydrogen) atoms. The first-order chi connectivity index (χ1) is 10.2. The van der Waals surface area contributed by atoms with Gasteiger partial charge in [-0.25, -0.2) is 4.39 Å². The van der Waals surface area contributed by atoms with Crippen molar-refractivity contribution in [3.8, 4) is 0 Å². The number of halogens is 1. The fraction of sp³-hybridized carbons (Fsp3) is 0.333. The van der Waals surface area contributed by atoms with Crippen molar-refractivity contribution in [2.24, 2.45) is 0 Å². The van der Waals surface area contributed by atoms with Gasteiger partial charge in [-0.05, 0) is 37.1 Å². The van der Waals surface area contributed by atoms with Gasteiger partial charge in [0.15, 0.2) is 0 Å². The van der Waals surface area contributed by atoms with Crippen LogP contribution in [-0.4, -0.2) is 19.3 Å². The summed E-state index contributed by atoms with van der Waals surface area (Å²) < 4.78 is 18.6. The molecule has 2 nitrogen and oxygen atoms in total. The lowest BCUT2D eigenvalue weighted by atomic mass is 9.98. The molecule has 2 unspecified atom stereocenters. The van der Waals surface area contributed by atoms with Gasteiger partial charge in [-0.15, -0.1) is 0 Å². The maximum atomic E-state index is 13.1. The van der Waals surface area contributed by atoms with E-state index in [4.69, 9.17) is 4.74 Å². The molecule has 0 amide bonds. The Hall–Kier alpha value is -1.71. The Morgan fingerprint density at radius 2 is 1.62 bits per heavy atom. The summed E-state index contributed by atoms with van der Waals surface area (Å²) in [7, 11) is 0. The lowest BCUT2D eigenvalue weighted by Gasteiger charge is -2.24. The molecule has 0 spiro atoms. The minimum Gasteiger partial charge on any atom is -0.380 e. The van der Waals surface area contributed by atoms with Gasteiger partial charge >= 0.3 is 0 Å². The molecule has 0 aliphatic carbocycles. The monoisotopic (exact) mass is 287 g/mol. The first-order valence-electron chi connectivity index (χ1n) is 7.35. The van der Waals surface area contributed by atoms with Crippen LogP contribution in [0.1, 0.15) is 31.0 Å². The van der Waals surface area contributed by atoms with E-state index < -0.39 is 0 Å². The van der Waals surface area contributed by atoms with Crippen molar-refractivity contribution >= 4 is 0 Å². The zero-order chi connectivity index (χ0) is 15.1. The number of benzene rings is 2. The van der Waals surface area contributed by atoms with Gasteiger partial charge in [0, 0.05) is 12.6 Å². The molecule has 2 rings (SSSR count). The predicted octanol–water partition coefficient (Wildman–Crippen LogP) is 3.93. The van der Waals surface area contributed by atoms with Crippen LogP contribution >= 0.6 is 0 Å². The molecule has 0 saturated heterocycles. The Labute approximate surface area is 126 Å². The lowest BCUT2D eigenvalue weighted by molar-refractivity contribution is 0.125. The van der Waals surface area contributed by atoms with Crippen molar-refractivity contribution in [1.82, 2.24) is 5.32 Å². The van der Waals surface area contributed by atoms with Crippen LogP contribution in [0.15, 0.2) is 54.6 Å². The summed E-state index contributed by atoms with van der Waals surface area (Å²) in [6, 6.07) is 17.1. The van der Waals surface area contributed by atoms with E-state index in [1.165, 1.54) is 12.1 Å². The molecule has 0 bridgehead atoms. The first-order valence-corrected chi connectivity index (χ1v) is 7.35. The van der Waals surface area contributed by atoms with Crippen LogP contribution in [0, 0.1) is 5.82 Å². The summed E-state index contributed by atoms with van der Waals surface area (Å²) in [5.74, 6) is -0.215. The lowest BCUT2D eigenvalue weighted by Crippen LogP contribution is -2.34. The Balaban J connectivity index is 2.20. The Kier molecular flexibility index (Phi) is 5.90. The maximum absolute atomic E-state index is 13.1. The molecule has 0 aliphatic heterocycles. The zero-order valence-corrected chi connectivity index (χ0v) is 12.6. The molecule has 2 aromatic rings. The molecule has 1 N–H and O–H groups in total. The number of nitrogens with one attached hydrogen (secondary N) is 1. The highest BCUT2D eigenvalue weighted by Gasteiger charge is 2.16. The van der Waals surface area contributed by atoms with Crippen LogP contribution in [0.5, 0.6) is 0 Å². The topological polar surface area (TPSA) is 21.3 Å². The average molecular weight is 287 g/mol. The van der Waals surface area contributed by atoms with Gasteiger partial charge in [-0.2, -0.15) is 0 Å². The minimum absolute atomic E-state index is 0.0299. The Morgan fingerprint density at radius 3 is 2.24 bits per heavy atom. The van der Waals surface area contributed by atoms with Crippen molar-refractivity contribution in [3.63, 3.8) is 0 Å². The molecule has 2 atom stereocenters. The molecule has 2 aromatic carbocycles. The highest BCUT2D eigenvalue weighted by Crippen LogP contribution is 2.22. The molecule has 112 valence electrons. The minimum atomic E-state index is -0.215. The van der Waals surface area contributed by atoms with E-state index in [1.54, 1.807) is 0 Å². The van der Waals surface area contributed by atoms with Crippen LogP contribution in [-0.2, 0) is 4.74 Å². The van der Waals surface area contributed by atoms with Gasteiger partial charge in [0.1, 0.15) is 5.82 Å². The van der Waals surface area contributed by atoms with Crippen molar-refractivity contribution in [2.45, 2.75) is 25.9 Å². The van der Waals surface area contributed by atoms with Gasteiger partial charge in [-0.3, -0.25) is 0 Å². The van der Waals surface area contributed by atoms with Gasteiger partial charge in [-0.1, -0.05) is 42.5 Å². The second-order valence-electron chi connectivity index (χ2n) is 5.12. The highest BCUT2D eigenvalue weighted by molar-refractivity contribution is 5.32. The second-order valence-corrected chi connectivity index (χ2v) is 5.12. The number of hydrogen-bond donors (Lipinski definition) is 1. The van der Waals surface area contributed by atoms with Crippen LogP contribution < -0.4 is 5.32 Å². The summed E-state index contributed by atoms with van der Waals surface area (Å²) in [5.41, 5.74) is 2.21. The molecular formula is C18H22FNO. The third-order valence-corrected chi connectivity index (χ3v) is 3.36. The second kappa shape index (κ2) is 7.91. The van der Waals surface area contributed by atoms with E-state index >= 15 is 0 Å². The van der Waals surface area contributed by atoms with Crippen LogP contribution in [0.3, 0.4) is 0 Å². The number of hydrogen-bond acceptors (Lipinski definition) is 2. The smallest absolute Gasteiger partial charge is 0.123 e. The van der Waals surface area contributed by atoms with E-state index in [-0.39, 0.29) is 17.9 Å². The molecule has 0 fully saturated rings. The zero-order valence-electron chi connectivity index (χ0n) is 12.6. The van der Waals surface area contributed by atoms with Gasteiger partial charge in [0.05, 0.1) is 12.6 Å². The normalized spacial score (nSPS) is 13.9. The summed E-state index contributed by atoms with van der Waals surface area (Å²) in [6.07, 6.45) is 0. The highest BCUT2D eigenvalue weighted by atomic mass is 19.1. The Bertz CT molecular complexity index is 527. The van der Waals surface area contributed by atoms with E-state index in [9.17, 15) is 4.39 Å². The quantitative estimate of drug-likeness (QED) is 0.833. The van der Waals surface area contributed by atoms with Crippen molar-refractivity contribution in [3.05, 3.63) is 71.5 Å². The number of rotatable bonds is 7. The van der Waals surface area contributed by atoms with Gasteiger partial charge in [0.2, 0.25) is 0 Å². The average Bonchev–Trinajstić information content (AvgIpc) is 2.52. The SMILES string of the molecule is CCOCC(C)NC(c1ccccc1)c1ccc(F)cc1. The van der Waals surface area contributed by atoms with E-state index in [1.807, 2.05) is 37.3 Å². The van der Waals surface area contributed by atoms with Crippen molar-refractivity contribution in [2.75, 3.05) is 13.2 Å². The van der Waals surface area contributed by atoms with E-state index in [0.29, 0.717) is 13.2 Å². The maximum Gasteiger partial charge on any atom is 0.123 e. The summed E-state index contributed by atoms with van der Waals surface area (Å²) >= 11 is 0. The van der Waals surface area contributed by atoms with Crippen LogP contribution in [0.2, 0.25) is 0 Å². The molecule has 0 aromatic heterocycles. The first kappa shape index (κ1) is 15.7. The van der Waals surface area contributed by atoms with E-state index in [0.717, 1.165) is 11.1 Å². The standard InChI is InChI=1S/C18H22FNO/c1-3-21-13-14(2)20-18(15-7-5-4-6-8-15)16-9-11-17(19)12-10-16/h4-12,14,18,20H,3,13H2,1-2H3. The Morgan fingerprint density at radius 1 is 1.00 bits per heavy atom. The molecule has 0 radical (unpaired) electrons. The van der Waals surface area contributed by atoms with E-state index in [2.05, 4.69) is 24.4 Å². The molecule has 0 aliphatic rings. The number of ether oxygens (including phenoxy) is 1. The van der Waals surface area contributed by atoms with Crippen LogP contribution in [0.25, 0.3) is 0 Å². The van der Waals surface area contributed by atoms with Crippen molar-refractivity contribution < 1.29 is 9.13 Å². The predicted molar refractivity (Wildman–Crippen MR) is 83.8 cm³/mol. The fourth-order valence-electron chi connectivity index (χ4n) is 2.31. The van der Waals surface area contributed by atoms with Crippen LogP contribution in [0.4, 0.5) is 4.39 Å². The molecule has 0 heterocycles. The molecule has 3 heteroatoms. The summed E-state index contributed by atoms with van der Waals surface area (Å²) in [6.45, 7) is 5.44. The third-order valence-electron chi connectivity index (χ3n) is 3.36. The summed E-state index contributed by atoms with van der Waals surface area (Å²) in [5, 5.41) is 3.56. The molecule has 0 saturated carbocycles.